The molecular formula is C17H30N2O. The van der Waals surface area contributed by atoms with Crippen molar-refractivity contribution in [3.8, 4) is 0 Å². The molecule has 0 saturated heterocycles. The topological polar surface area (TPSA) is 49.5 Å². The molecule has 0 spiro atoms. The van der Waals surface area contributed by atoms with Gasteiger partial charge in [-0.1, -0.05) is 58.0 Å². The van der Waals surface area contributed by atoms with Gasteiger partial charge in [0, 0.05) is 26.2 Å². The summed E-state index contributed by atoms with van der Waals surface area (Å²) in [6.07, 6.45) is 0. The van der Waals surface area contributed by atoms with Crippen molar-refractivity contribution in [2.45, 2.75) is 33.3 Å². The highest BCUT2D eigenvalue weighted by atomic mass is 16.3. The SMILES string of the molecule is CC(C)CN(CC(C)C)CC(O)(CN)c1ccccc1. The zero-order valence-corrected chi connectivity index (χ0v) is 13.3. The molecule has 0 radical (unpaired) electrons. The summed E-state index contributed by atoms with van der Waals surface area (Å²) in [6, 6.07) is 9.77. The summed E-state index contributed by atoms with van der Waals surface area (Å²) in [6.45, 7) is 11.6. The third-order valence-corrected chi connectivity index (χ3v) is 3.38. The van der Waals surface area contributed by atoms with Crippen LogP contribution in [-0.4, -0.2) is 36.2 Å². The minimum Gasteiger partial charge on any atom is -0.382 e. The van der Waals surface area contributed by atoms with Crippen molar-refractivity contribution in [2.75, 3.05) is 26.2 Å². The fraction of sp³-hybridized carbons (Fsp3) is 0.647. The molecule has 0 amide bonds. The van der Waals surface area contributed by atoms with E-state index in [1.54, 1.807) is 0 Å². The van der Waals surface area contributed by atoms with Gasteiger partial charge in [-0.05, 0) is 17.4 Å². The number of rotatable bonds is 8. The summed E-state index contributed by atoms with van der Waals surface area (Å²) in [5, 5.41) is 10.9. The van der Waals surface area contributed by atoms with Gasteiger partial charge < -0.3 is 10.8 Å². The number of benzene rings is 1. The summed E-state index contributed by atoms with van der Waals surface area (Å²) in [5.74, 6) is 1.15. The maximum Gasteiger partial charge on any atom is 0.114 e. The van der Waals surface area contributed by atoms with Crippen molar-refractivity contribution < 1.29 is 5.11 Å². The molecule has 1 unspecified atom stereocenters. The van der Waals surface area contributed by atoms with Crippen LogP contribution in [0.2, 0.25) is 0 Å². The summed E-state index contributed by atoms with van der Waals surface area (Å²) < 4.78 is 0. The van der Waals surface area contributed by atoms with Gasteiger partial charge >= 0.3 is 0 Å². The van der Waals surface area contributed by atoms with Crippen LogP contribution in [0.25, 0.3) is 0 Å². The zero-order valence-electron chi connectivity index (χ0n) is 13.3. The van der Waals surface area contributed by atoms with E-state index in [4.69, 9.17) is 5.73 Å². The van der Waals surface area contributed by atoms with Crippen LogP contribution in [0.4, 0.5) is 0 Å². The second-order valence-electron chi connectivity index (χ2n) is 6.58. The Kier molecular flexibility index (Phi) is 6.66. The second-order valence-corrected chi connectivity index (χ2v) is 6.58. The molecule has 0 aliphatic carbocycles. The number of nitrogens with zero attached hydrogens (tertiary/aromatic N) is 1. The van der Waals surface area contributed by atoms with E-state index in [9.17, 15) is 5.11 Å². The first kappa shape index (κ1) is 17.2. The van der Waals surface area contributed by atoms with E-state index in [1.165, 1.54) is 0 Å². The molecule has 0 saturated carbocycles. The highest BCUT2D eigenvalue weighted by Crippen LogP contribution is 2.22. The van der Waals surface area contributed by atoms with Gasteiger partial charge in [0.1, 0.15) is 5.60 Å². The summed E-state index contributed by atoms with van der Waals surface area (Å²) in [5.41, 5.74) is 5.81. The van der Waals surface area contributed by atoms with E-state index < -0.39 is 5.60 Å². The molecule has 20 heavy (non-hydrogen) atoms. The van der Waals surface area contributed by atoms with E-state index in [2.05, 4.69) is 32.6 Å². The van der Waals surface area contributed by atoms with Crippen molar-refractivity contribution in [1.29, 1.82) is 0 Å². The molecule has 1 aromatic carbocycles. The van der Waals surface area contributed by atoms with Crippen LogP contribution < -0.4 is 5.73 Å². The van der Waals surface area contributed by atoms with E-state index in [0.717, 1.165) is 18.7 Å². The van der Waals surface area contributed by atoms with Gasteiger partial charge in [0.05, 0.1) is 0 Å². The number of hydrogen-bond donors (Lipinski definition) is 2. The Bertz CT molecular complexity index is 368. The molecule has 1 aromatic rings. The molecule has 0 aliphatic heterocycles. The Morgan fingerprint density at radius 2 is 1.55 bits per heavy atom. The first-order valence-corrected chi connectivity index (χ1v) is 7.57. The molecule has 3 heteroatoms. The number of nitrogens with two attached hydrogens (primary N) is 1. The van der Waals surface area contributed by atoms with Crippen molar-refractivity contribution in [1.82, 2.24) is 4.90 Å². The monoisotopic (exact) mass is 278 g/mol. The molecule has 1 atom stereocenters. The Hall–Kier alpha value is -0.900. The van der Waals surface area contributed by atoms with Gasteiger partial charge in [-0.2, -0.15) is 0 Å². The minimum atomic E-state index is -0.967. The van der Waals surface area contributed by atoms with Crippen LogP contribution in [0.15, 0.2) is 30.3 Å². The Morgan fingerprint density at radius 3 is 1.95 bits per heavy atom. The van der Waals surface area contributed by atoms with Crippen LogP contribution >= 0.6 is 0 Å². The Labute approximate surface area is 123 Å². The van der Waals surface area contributed by atoms with Gasteiger partial charge in [0.15, 0.2) is 0 Å². The summed E-state index contributed by atoms with van der Waals surface area (Å²) in [7, 11) is 0. The zero-order chi connectivity index (χ0) is 15.2. The van der Waals surface area contributed by atoms with Crippen LogP contribution in [0.3, 0.4) is 0 Å². The molecule has 3 nitrogen and oxygen atoms in total. The van der Waals surface area contributed by atoms with Crippen molar-refractivity contribution in [3.05, 3.63) is 35.9 Å². The van der Waals surface area contributed by atoms with Crippen LogP contribution in [0, 0.1) is 11.8 Å². The van der Waals surface area contributed by atoms with Gasteiger partial charge in [0.2, 0.25) is 0 Å². The minimum absolute atomic E-state index is 0.240. The molecule has 3 N–H and O–H groups in total. The van der Waals surface area contributed by atoms with E-state index in [1.807, 2.05) is 30.3 Å². The van der Waals surface area contributed by atoms with Crippen molar-refractivity contribution in [3.63, 3.8) is 0 Å². The molecule has 1 rings (SSSR count). The highest BCUT2D eigenvalue weighted by molar-refractivity contribution is 5.23. The molecule has 0 fully saturated rings. The largest absolute Gasteiger partial charge is 0.382 e. The van der Waals surface area contributed by atoms with Crippen molar-refractivity contribution >= 4 is 0 Å². The molecule has 114 valence electrons. The lowest BCUT2D eigenvalue weighted by molar-refractivity contribution is 0.000734. The highest BCUT2D eigenvalue weighted by Gasteiger charge is 2.30. The van der Waals surface area contributed by atoms with E-state index in [-0.39, 0.29) is 6.54 Å². The normalized spacial score (nSPS) is 15.1. The van der Waals surface area contributed by atoms with E-state index >= 15 is 0 Å². The van der Waals surface area contributed by atoms with Crippen LogP contribution in [-0.2, 0) is 5.60 Å². The number of hydrogen-bond acceptors (Lipinski definition) is 3. The Balaban J connectivity index is 2.86. The smallest absolute Gasteiger partial charge is 0.114 e. The van der Waals surface area contributed by atoms with Gasteiger partial charge in [0.25, 0.3) is 0 Å². The summed E-state index contributed by atoms with van der Waals surface area (Å²) >= 11 is 0. The second kappa shape index (κ2) is 7.77. The molecule has 0 aromatic heterocycles. The average Bonchev–Trinajstić information content (AvgIpc) is 2.38. The fourth-order valence-corrected chi connectivity index (χ4v) is 2.63. The first-order chi connectivity index (χ1) is 9.37. The fourth-order valence-electron chi connectivity index (χ4n) is 2.63. The van der Waals surface area contributed by atoms with Crippen LogP contribution in [0.5, 0.6) is 0 Å². The average molecular weight is 278 g/mol. The standard InChI is InChI=1S/C17H30N2O/c1-14(2)10-19(11-15(3)4)13-17(20,12-18)16-8-6-5-7-9-16/h5-9,14-15,20H,10-13,18H2,1-4H3. The lowest BCUT2D eigenvalue weighted by Gasteiger charge is -2.35. The first-order valence-electron chi connectivity index (χ1n) is 7.57. The maximum atomic E-state index is 10.9. The predicted octanol–water partition coefficient (Wildman–Crippen LogP) is 2.45. The van der Waals surface area contributed by atoms with Gasteiger partial charge in [-0.15, -0.1) is 0 Å². The van der Waals surface area contributed by atoms with Crippen molar-refractivity contribution in [2.24, 2.45) is 17.6 Å². The lowest BCUT2D eigenvalue weighted by Crippen LogP contribution is -2.48. The molecule has 0 heterocycles. The summed E-state index contributed by atoms with van der Waals surface area (Å²) in [4.78, 5) is 2.33. The molecule has 0 bridgehead atoms. The molecular weight excluding hydrogens is 248 g/mol. The maximum absolute atomic E-state index is 10.9. The molecule has 0 aliphatic rings. The van der Waals surface area contributed by atoms with E-state index in [0.29, 0.717) is 18.4 Å². The van der Waals surface area contributed by atoms with Crippen LogP contribution in [0.1, 0.15) is 33.3 Å². The predicted molar refractivity (Wildman–Crippen MR) is 85.5 cm³/mol. The van der Waals surface area contributed by atoms with Gasteiger partial charge in [-0.3, -0.25) is 4.90 Å². The van der Waals surface area contributed by atoms with Gasteiger partial charge in [-0.25, -0.2) is 0 Å². The third kappa shape index (κ3) is 5.23. The quantitative estimate of drug-likeness (QED) is 0.768. The Morgan fingerprint density at radius 1 is 1.05 bits per heavy atom. The lowest BCUT2D eigenvalue weighted by atomic mass is 9.92. The number of aliphatic hydroxyl groups is 1. The third-order valence-electron chi connectivity index (χ3n) is 3.38.